The van der Waals surface area contributed by atoms with Crippen molar-refractivity contribution in [2.75, 3.05) is 7.05 Å². The van der Waals surface area contributed by atoms with Gasteiger partial charge in [-0.2, -0.15) is 13.2 Å². The van der Waals surface area contributed by atoms with Crippen LogP contribution in [0.1, 0.15) is 18.0 Å². The lowest BCUT2D eigenvalue weighted by Gasteiger charge is -2.19. The Labute approximate surface area is 91.2 Å². The third kappa shape index (κ3) is 3.72. The van der Waals surface area contributed by atoms with Crippen molar-refractivity contribution in [1.29, 1.82) is 0 Å². The Morgan fingerprint density at radius 2 is 1.93 bits per heavy atom. The predicted molar refractivity (Wildman–Crippen MR) is 53.9 cm³/mol. The lowest BCUT2D eigenvalue weighted by atomic mass is 10.0. The summed E-state index contributed by atoms with van der Waals surface area (Å²) in [6.07, 6.45) is -5.12. The molecule has 1 unspecified atom stereocenters. The third-order valence-electron chi connectivity index (χ3n) is 2.06. The van der Waals surface area contributed by atoms with Crippen LogP contribution in [0.2, 0.25) is 5.02 Å². The largest absolute Gasteiger partial charge is 0.390 e. The van der Waals surface area contributed by atoms with E-state index in [0.717, 1.165) is 0 Å². The van der Waals surface area contributed by atoms with Crippen molar-refractivity contribution in [3.05, 3.63) is 34.9 Å². The molecule has 0 fully saturated rings. The first-order valence-electron chi connectivity index (χ1n) is 4.42. The van der Waals surface area contributed by atoms with Crippen molar-refractivity contribution in [2.45, 2.75) is 18.6 Å². The second-order valence-corrected chi connectivity index (χ2v) is 3.59. The summed E-state index contributed by atoms with van der Waals surface area (Å²) >= 11 is 5.82. The standard InChI is InChI=1S/C10H11ClF3N/c1-15-9(6-10(12,13)14)7-4-2-3-5-8(7)11/h2-5,9,15H,6H2,1H3. The first kappa shape index (κ1) is 12.3. The number of nitrogens with one attached hydrogen (secondary N) is 1. The van der Waals surface area contributed by atoms with Gasteiger partial charge in [-0.3, -0.25) is 0 Å². The maximum Gasteiger partial charge on any atom is 0.390 e. The minimum atomic E-state index is -4.20. The molecule has 0 aliphatic rings. The van der Waals surface area contributed by atoms with Gasteiger partial charge < -0.3 is 5.32 Å². The minimum Gasteiger partial charge on any atom is -0.313 e. The second-order valence-electron chi connectivity index (χ2n) is 3.18. The molecule has 0 amide bonds. The highest BCUT2D eigenvalue weighted by Gasteiger charge is 2.32. The maximum absolute atomic E-state index is 12.2. The Bertz CT molecular complexity index is 325. The monoisotopic (exact) mass is 237 g/mol. The quantitative estimate of drug-likeness (QED) is 0.848. The molecule has 1 atom stereocenters. The molecule has 1 N–H and O–H groups in total. The SMILES string of the molecule is CNC(CC(F)(F)F)c1ccccc1Cl. The molecule has 1 aromatic rings. The molecule has 0 aliphatic heterocycles. The zero-order valence-corrected chi connectivity index (χ0v) is 8.86. The molecule has 0 spiro atoms. The average Bonchev–Trinajstić information content (AvgIpc) is 2.14. The molecule has 5 heteroatoms. The van der Waals surface area contributed by atoms with Crippen molar-refractivity contribution in [3.8, 4) is 0 Å². The fourth-order valence-electron chi connectivity index (χ4n) is 1.36. The van der Waals surface area contributed by atoms with Crippen LogP contribution in [0.4, 0.5) is 13.2 Å². The van der Waals surface area contributed by atoms with Gasteiger partial charge in [0.2, 0.25) is 0 Å². The van der Waals surface area contributed by atoms with Crippen LogP contribution in [0.3, 0.4) is 0 Å². The molecule has 0 bridgehead atoms. The van der Waals surface area contributed by atoms with Gasteiger partial charge in [-0.15, -0.1) is 0 Å². The van der Waals surface area contributed by atoms with Crippen LogP contribution in [0.15, 0.2) is 24.3 Å². The molecule has 0 heterocycles. The van der Waals surface area contributed by atoms with Crippen LogP contribution in [0.25, 0.3) is 0 Å². The van der Waals surface area contributed by atoms with E-state index in [-0.39, 0.29) is 0 Å². The van der Waals surface area contributed by atoms with E-state index in [1.54, 1.807) is 24.3 Å². The Morgan fingerprint density at radius 3 is 2.40 bits per heavy atom. The first-order valence-corrected chi connectivity index (χ1v) is 4.80. The number of hydrogen-bond donors (Lipinski definition) is 1. The highest BCUT2D eigenvalue weighted by atomic mass is 35.5. The number of halogens is 4. The molecule has 0 aromatic heterocycles. The summed E-state index contributed by atoms with van der Waals surface area (Å²) in [6, 6.07) is 5.74. The summed E-state index contributed by atoms with van der Waals surface area (Å²) in [4.78, 5) is 0. The van der Waals surface area contributed by atoms with Crippen LogP contribution < -0.4 is 5.32 Å². The van der Waals surface area contributed by atoms with E-state index in [2.05, 4.69) is 5.32 Å². The normalized spacial score (nSPS) is 13.9. The van der Waals surface area contributed by atoms with Gasteiger partial charge in [-0.25, -0.2) is 0 Å². The van der Waals surface area contributed by atoms with Crippen molar-refractivity contribution in [2.24, 2.45) is 0 Å². The summed E-state index contributed by atoms with van der Waals surface area (Å²) in [5, 5.41) is 2.96. The third-order valence-corrected chi connectivity index (χ3v) is 2.41. The molecule has 1 rings (SSSR count). The van der Waals surface area contributed by atoms with Crippen LogP contribution in [0, 0.1) is 0 Å². The average molecular weight is 238 g/mol. The van der Waals surface area contributed by atoms with Crippen LogP contribution >= 0.6 is 11.6 Å². The van der Waals surface area contributed by atoms with Crippen molar-refractivity contribution in [3.63, 3.8) is 0 Å². The molecule has 15 heavy (non-hydrogen) atoms. The zero-order chi connectivity index (χ0) is 11.5. The van der Waals surface area contributed by atoms with Gasteiger partial charge in [-0.1, -0.05) is 29.8 Å². The molecular formula is C10H11ClF3N. The van der Waals surface area contributed by atoms with Crippen LogP contribution in [-0.2, 0) is 0 Å². The number of rotatable bonds is 3. The number of hydrogen-bond acceptors (Lipinski definition) is 1. The van der Waals surface area contributed by atoms with E-state index in [0.29, 0.717) is 10.6 Å². The minimum absolute atomic E-state index is 0.348. The lowest BCUT2D eigenvalue weighted by molar-refractivity contribution is -0.140. The highest BCUT2D eigenvalue weighted by Crippen LogP contribution is 2.32. The summed E-state index contributed by atoms with van der Waals surface area (Å²) < 4.78 is 36.7. The lowest BCUT2D eigenvalue weighted by Crippen LogP contribution is -2.23. The molecule has 1 aromatic carbocycles. The molecule has 0 saturated carbocycles. The van der Waals surface area contributed by atoms with Crippen LogP contribution in [0.5, 0.6) is 0 Å². The topological polar surface area (TPSA) is 12.0 Å². The molecule has 0 aliphatic carbocycles. The molecule has 0 saturated heterocycles. The van der Waals surface area contributed by atoms with Gasteiger partial charge in [0, 0.05) is 11.1 Å². The summed E-state index contributed by atoms with van der Waals surface area (Å²) in [6.45, 7) is 0. The van der Waals surface area contributed by atoms with E-state index in [9.17, 15) is 13.2 Å². The predicted octanol–water partition coefficient (Wildman–Crippen LogP) is 3.55. The fourth-order valence-corrected chi connectivity index (χ4v) is 1.62. The summed E-state index contributed by atoms with van der Waals surface area (Å²) in [5.74, 6) is 0. The van der Waals surface area contributed by atoms with E-state index in [4.69, 9.17) is 11.6 Å². The maximum atomic E-state index is 12.2. The smallest absolute Gasteiger partial charge is 0.313 e. The van der Waals surface area contributed by atoms with E-state index in [1.165, 1.54) is 7.05 Å². The molecule has 84 valence electrons. The van der Waals surface area contributed by atoms with Gasteiger partial charge in [0.25, 0.3) is 0 Å². The molecule has 1 nitrogen and oxygen atoms in total. The second kappa shape index (κ2) is 4.86. The van der Waals surface area contributed by atoms with E-state index >= 15 is 0 Å². The van der Waals surface area contributed by atoms with Gasteiger partial charge in [-0.05, 0) is 18.7 Å². The Hall–Kier alpha value is -0.740. The Kier molecular flexibility index (Phi) is 3.99. The number of alkyl halides is 3. The van der Waals surface area contributed by atoms with Crippen molar-refractivity contribution >= 4 is 11.6 Å². The fraction of sp³-hybridized carbons (Fsp3) is 0.400. The summed E-state index contributed by atoms with van der Waals surface area (Å²) in [5.41, 5.74) is 0.471. The van der Waals surface area contributed by atoms with Crippen LogP contribution in [-0.4, -0.2) is 13.2 Å². The van der Waals surface area contributed by atoms with Gasteiger partial charge >= 0.3 is 6.18 Å². The van der Waals surface area contributed by atoms with Crippen molar-refractivity contribution in [1.82, 2.24) is 5.32 Å². The van der Waals surface area contributed by atoms with Gasteiger partial charge in [0.1, 0.15) is 0 Å². The van der Waals surface area contributed by atoms with Gasteiger partial charge in [0.05, 0.1) is 6.42 Å². The Morgan fingerprint density at radius 1 is 1.33 bits per heavy atom. The number of benzene rings is 1. The first-order chi connectivity index (χ1) is 6.94. The summed E-state index contributed by atoms with van der Waals surface area (Å²) in [7, 11) is 1.49. The van der Waals surface area contributed by atoms with Crippen molar-refractivity contribution < 1.29 is 13.2 Å². The van der Waals surface area contributed by atoms with E-state index in [1.807, 2.05) is 0 Å². The zero-order valence-electron chi connectivity index (χ0n) is 8.11. The molecule has 0 radical (unpaired) electrons. The molecular weight excluding hydrogens is 227 g/mol. The van der Waals surface area contributed by atoms with Gasteiger partial charge in [0.15, 0.2) is 0 Å². The van der Waals surface area contributed by atoms with E-state index < -0.39 is 18.6 Å². The Balaban J connectivity index is 2.88. The highest BCUT2D eigenvalue weighted by molar-refractivity contribution is 6.31.